The first kappa shape index (κ1) is 31.3. The quantitative estimate of drug-likeness (QED) is 0.159. The van der Waals surface area contributed by atoms with Crippen LogP contribution in [0.5, 0.6) is 0 Å². The molecule has 0 aromatic rings. The van der Waals surface area contributed by atoms with E-state index in [1.165, 1.54) is 0 Å². The van der Waals surface area contributed by atoms with Crippen molar-refractivity contribution in [2.75, 3.05) is 26.2 Å². The molecule has 0 heterocycles. The minimum absolute atomic E-state index is 0. The van der Waals surface area contributed by atoms with E-state index in [4.69, 9.17) is 44.0 Å². The number of rotatable bonds is 4. The van der Waals surface area contributed by atoms with Crippen LogP contribution < -0.4 is 22.9 Å². The fourth-order valence-corrected chi connectivity index (χ4v) is 0.192. The van der Waals surface area contributed by atoms with Crippen molar-refractivity contribution in [2.45, 2.75) is 12.2 Å². The van der Waals surface area contributed by atoms with E-state index in [0.717, 1.165) is 0 Å². The standard InChI is InChI=1S/2C3H10N2O.2CHNS.Ni/c2*4-1-3(6)2-5;2*2-1-3;/h2*3,6H,1-2,4-5H2;2*2H;. The van der Waals surface area contributed by atoms with Crippen molar-refractivity contribution in [3.05, 3.63) is 0 Å². The van der Waals surface area contributed by atoms with Crippen LogP contribution in [0.2, 0.25) is 0 Å². The van der Waals surface area contributed by atoms with Crippen LogP contribution in [0.25, 0.3) is 0 Å². The number of hydrogen-bond acceptors (Lipinski definition) is 10. The molecule has 0 aliphatic carbocycles. The molecule has 0 aliphatic rings. The van der Waals surface area contributed by atoms with Gasteiger partial charge in [0.05, 0.1) is 22.5 Å². The first-order valence-electron chi connectivity index (χ1n) is 4.69. The van der Waals surface area contributed by atoms with Crippen molar-refractivity contribution in [1.82, 2.24) is 0 Å². The Hall–Kier alpha value is -0.146. The Morgan fingerprint density at radius 1 is 0.789 bits per heavy atom. The summed E-state index contributed by atoms with van der Waals surface area (Å²) in [5.74, 6) is 0. The van der Waals surface area contributed by atoms with Crippen LogP contribution in [0.4, 0.5) is 0 Å². The Kier molecular flexibility index (Phi) is 59.5. The predicted molar refractivity (Wildman–Crippen MR) is 78.9 cm³/mol. The van der Waals surface area contributed by atoms with E-state index in [9.17, 15) is 0 Å². The molecule has 19 heavy (non-hydrogen) atoms. The second-order valence-corrected chi connectivity index (χ2v) is 2.86. The molecule has 0 aromatic carbocycles. The molecule has 11 heteroatoms. The Labute approximate surface area is 133 Å². The minimum Gasteiger partial charge on any atom is -0.390 e. The summed E-state index contributed by atoms with van der Waals surface area (Å²) < 4.78 is 0. The zero-order valence-corrected chi connectivity index (χ0v) is 12.9. The van der Waals surface area contributed by atoms with Crippen LogP contribution >= 0.6 is 24.4 Å². The Morgan fingerprint density at radius 3 is 0.895 bits per heavy atom. The maximum atomic E-state index is 8.42. The molecule has 8 nitrogen and oxygen atoms in total. The van der Waals surface area contributed by atoms with Gasteiger partial charge in [-0.05, 0) is 24.4 Å². The van der Waals surface area contributed by atoms with Gasteiger partial charge in [0.2, 0.25) is 0 Å². The van der Waals surface area contributed by atoms with Crippen LogP contribution in [0.15, 0.2) is 0 Å². The van der Waals surface area contributed by atoms with Gasteiger partial charge in [-0.2, -0.15) is 0 Å². The molecule has 12 N–H and O–H groups in total. The van der Waals surface area contributed by atoms with Gasteiger partial charge >= 0.3 is 0 Å². The maximum absolute atomic E-state index is 8.42. The van der Waals surface area contributed by atoms with Crippen LogP contribution in [-0.4, -0.2) is 58.9 Å². The van der Waals surface area contributed by atoms with Crippen molar-refractivity contribution >= 4 is 34.8 Å². The van der Waals surface area contributed by atoms with Gasteiger partial charge in [0.25, 0.3) is 0 Å². The Morgan fingerprint density at radius 2 is 0.895 bits per heavy atom. The third-order valence-corrected chi connectivity index (χ3v) is 1.09. The van der Waals surface area contributed by atoms with E-state index in [-0.39, 0.29) is 42.7 Å². The molecule has 0 saturated heterocycles. The van der Waals surface area contributed by atoms with Crippen molar-refractivity contribution in [3.63, 3.8) is 0 Å². The van der Waals surface area contributed by atoms with E-state index in [2.05, 4.69) is 24.4 Å². The van der Waals surface area contributed by atoms with E-state index in [0.29, 0.717) is 0 Å². The van der Waals surface area contributed by atoms with E-state index < -0.39 is 12.2 Å². The van der Waals surface area contributed by atoms with Crippen molar-refractivity contribution in [2.24, 2.45) is 22.9 Å². The third kappa shape index (κ3) is 72.8. The fraction of sp³-hybridized carbons (Fsp3) is 0.750. The van der Waals surface area contributed by atoms with Gasteiger partial charge in [-0.3, -0.25) is 0 Å². The summed E-state index contributed by atoms with van der Waals surface area (Å²) in [6.07, 6.45) is -1.02. The van der Waals surface area contributed by atoms with Gasteiger partial charge in [-0.25, -0.2) is 10.8 Å². The first-order valence-corrected chi connectivity index (χ1v) is 5.51. The number of nitrogens with two attached hydrogens (primary N) is 4. The van der Waals surface area contributed by atoms with Gasteiger partial charge < -0.3 is 33.1 Å². The molecule has 0 rings (SSSR count). The molecule has 0 bridgehead atoms. The van der Waals surface area contributed by atoms with E-state index in [1.807, 2.05) is 0 Å². The Balaban J connectivity index is -0.0000000476. The molecule has 0 saturated carbocycles. The van der Waals surface area contributed by atoms with Gasteiger partial charge in [0.15, 0.2) is 0 Å². The molecule has 0 amide bonds. The largest absolute Gasteiger partial charge is 0.390 e. The second-order valence-electron chi connectivity index (χ2n) is 2.45. The average molecular weight is 357 g/mol. The molecule has 0 aromatic heterocycles. The van der Waals surface area contributed by atoms with Crippen molar-refractivity contribution in [3.8, 4) is 0 Å². The molecule has 0 atom stereocenters. The monoisotopic (exact) mass is 356 g/mol. The van der Waals surface area contributed by atoms with E-state index in [1.54, 1.807) is 10.3 Å². The zero-order valence-electron chi connectivity index (χ0n) is 10.3. The molecule has 118 valence electrons. The summed E-state index contributed by atoms with van der Waals surface area (Å²) in [4.78, 5) is 0. The number of nitrogens with one attached hydrogen (secondary N) is 2. The number of isothiocyanates is 2. The maximum Gasteiger partial charge on any atom is 0.0784 e. The zero-order chi connectivity index (χ0) is 15.4. The number of aliphatic hydroxyl groups is 2. The summed E-state index contributed by atoms with van der Waals surface area (Å²) in [5, 5.41) is 31.5. The predicted octanol–water partition coefficient (Wildman–Crippen LogP) is -2.14. The molecule has 0 spiro atoms. The smallest absolute Gasteiger partial charge is 0.0784 e. The first-order chi connectivity index (χ1) is 8.44. The summed E-state index contributed by atoms with van der Waals surface area (Å²) in [7, 11) is 0. The van der Waals surface area contributed by atoms with Crippen LogP contribution in [0.1, 0.15) is 0 Å². The summed E-state index contributed by atoms with van der Waals surface area (Å²) in [6, 6.07) is 0. The summed E-state index contributed by atoms with van der Waals surface area (Å²) >= 11 is 7.62. The SMILES string of the molecule is N=C=S.N=C=S.NCC(O)CN.NCC(O)CN.[Ni]. The molecular formula is C8H22N6NiO2S2. The van der Waals surface area contributed by atoms with Gasteiger partial charge in [-0.1, -0.05) is 0 Å². The van der Waals surface area contributed by atoms with Gasteiger partial charge in [0, 0.05) is 42.7 Å². The second kappa shape index (κ2) is 36.1. The van der Waals surface area contributed by atoms with E-state index >= 15 is 0 Å². The molecule has 0 fully saturated rings. The van der Waals surface area contributed by atoms with Crippen LogP contribution in [-0.2, 0) is 16.5 Å². The third-order valence-electron chi connectivity index (χ3n) is 1.09. The van der Waals surface area contributed by atoms with Crippen LogP contribution in [0.3, 0.4) is 0 Å². The number of aliphatic hydroxyl groups excluding tert-OH is 2. The number of hydrogen-bond donors (Lipinski definition) is 8. The summed E-state index contributed by atoms with van der Waals surface area (Å²) in [5.41, 5.74) is 19.8. The van der Waals surface area contributed by atoms with Crippen molar-refractivity contribution in [1.29, 1.82) is 10.8 Å². The normalized spacial score (nSPS) is 7.16. The molecule has 0 unspecified atom stereocenters. The molecular weight excluding hydrogens is 335 g/mol. The fourth-order valence-electron chi connectivity index (χ4n) is 0.192. The summed E-state index contributed by atoms with van der Waals surface area (Å²) in [6.45, 7) is 1.04. The Bertz CT molecular complexity index is 183. The molecule has 0 aliphatic heterocycles. The topological polar surface area (TPSA) is 192 Å². The van der Waals surface area contributed by atoms with Crippen molar-refractivity contribution < 1.29 is 26.7 Å². The minimum atomic E-state index is -0.509. The number of thiocarbonyl (C=S) groups is 2. The van der Waals surface area contributed by atoms with Gasteiger partial charge in [0.1, 0.15) is 0 Å². The molecule has 0 radical (unpaired) electrons. The van der Waals surface area contributed by atoms with Gasteiger partial charge in [-0.15, -0.1) is 0 Å². The average Bonchev–Trinajstić information content (AvgIpc) is 2.39. The van der Waals surface area contributed by atoms with Crippen LogP contribution in [0, 0.1) is 10.8 Å².